The number of fused-ring (bicyclic) bond motifs is 2. The van der Waals surface area contributed by atoms with Gasteiger partial charge in [0.1, 0.15) is 12.4 Å². The Balaban J connectivity index is 1.56. The van der Waals surface area contributed by atoms with Crippen LogP contribution in [0.3, 0.4) is 0 Å². The second-order valence-electron chi connectivity index (χ2n) is 7.11. The first-order valence-electron chi connectivity index (χ1n) is 9.29. The molecule has 7 nitrogen and oxygen atoms in total. The van der Waals surface area contributed by atoms with E-state index >= 15 is 0 Å². The van der Waals surface area contributed by atoms with E-state index in [-0.39, 0.29) is 6.04 Å². The summed E-state index contributed by atoms with van der Waals surface area (Å²) in [5, 5.41) is 4.51. The third-order valence-electron chi connectivity index (χ3n) is 5.24. The van der Waals surface area contributed by atoms with Gasteiger partial charge in [0.05, 0.1) is 24.9 Å². The van der Waals surface area contributed by atoms with Crippen LogP contribution in [0.1, 0.15) is 23.0 Å². The van der Waals surface area contributed by atoms with E-state index in [1.807, 2.05) is 55.2 Å². The minimum absolute atomic E-state index is 0.137. The Morgan fingerprint density at radius 1 is 1.25 bits per heavy atom. The molecule has 1 aromatic carbocycles. The number of hydrogen-bond donors (Lipinski definition) is 0. The average molecular weight is 375 g/mol. The highest BCUT2D eigenvalue weighted by Gasteiger charge is 2.26. The fraction of sp³-hybridized carbons (Fsp3) is 0.286. The fourth-order valence-electron chi connectivity index (χ4n) is 3.96. The summed E-state index contributed by atoms with van der Waals surface area (Å²) in [6, 6.07) is 8.17. The number of hydrogen-bond acceptors (Lipinski definition) is 5. The van der Waals surface area contributed by atoms with E-state index < -0.39 is 0 Å². The predicted molar refractivity (Wildman–Crippen MR) is 105 cm³/mol. The van der Waals surface area contributed by atoms with Crippen LogP contribution >= 0.6 is 0 Å². The summed E-state index contributed by atoms with van der Waals surface area (Å²) >= 11 is 0. The van der Waals surface area contributed by atoms with E-state index in [9.17, 15) is 0 Å². The summed E-state index contributed by atoms with van der Waals surface area (Å²) in [4.78, 5) is 9.32. The van der Waals surface area contributed by atoms with Gasteiger partial charge in [-0.3, -0.25) is 0 Å². The van der Waals surface area contributed by atoms with Crippen molar-refractivity contribution in [3.05, 3.63) is 59.8 Å². The Bertz CT molecular complexity index is 1180. The molecule has 4 heterocycles. The molecule has 0 aliphatic carbocycles. The van der Waals surface area contributed by atoms with Gasteiger partial charge in [-0.25, -0.2) is 14.5 Å². The number of methoxy groups -OCH3 is 1. The summed E-state index contributed by atoms with van der Waals surface area (Å²) in [5.41, 5.74) is 4.90. The van der Waals surface area contributed by atoms with Crippen molar-refractivity contribution >= 4 is 5.65 Å². The highest BCUT2D eigenvalue weighted by molar-refractivity contribution is 5.73. The van der Waals surface area contributed by atoms with E-state index in [2.05, 4.69) is 20.7 Å². The smallest absolute Gasteiger partial charge is 0.166 e. The number of aryl methyl sites for hydroxylation is 2. The largest absolute Gasteiger partial charge is 0.493 e. The highest BCUT2D eigenvalue weighted by Crippen LogP contribution is 2.38. The first kappa shape index (κ1) is 16.8. The van der Waals surface area contributed by atoms with Crippen LogP contribution in [0.5, 0.6) is 11.5 Å². The lowest BCUT2D eigenvalue weighted by Gasteiger charge is -2.28. The molecular formula is C21H21N5O2. The topological polar surface area (TPSA) is 66.5 Å². The molecule has 4 aromatic rings. The van der Waals surface area contributed by atoms with Crippen LogP contribution in [0.25, 0.3) is 17.0 Å². The van der Waals surface area contributed by atoms with Gasteiger partial charge in [-0.15, -0.1) is 0 Å². The molecule has 0 amide bonds. The van der Waals surface area contributed by atoms with Gasteiger partial charge in [-0.1, -0.05) is 12.1 Å². The fourth-order valence-corrected chi connectivity index (χ4v) is 3.96. The molecule has 1 aliphatic heterocycles. The van der Waals surface area contributed by atoms with Crippen molar-refractivity contribution in [2.75, 3.05) is 13.7 Å². The third-order valence-corrected chi connectivity index (χ3v) is 5.24. The normalized spacial score (nSPS) is 16.0. The molecule has 0 bridgehead atoms. The summed E-state index contributed by atoms with van der Waals surface area (Å²) < 4.78 is 15.5. The maximum absolute atomic E-state index is 6.07. The Morgan fingerprint density at radius 2 is 2.14 bits per heavy atom. The van der Waals surface area contributed by atoms with E-state index in [4.69, 9.17) is 14.5 Å². The summed E-state index contributed by atoms with van der Waals surface area (Å²) in [7, 11) is 1.67. The molecule has 142 valence electrons. The molecule has 0 saturated heterocycles. The van der Waals surface area contributed by atoms with Gasteiger partial charge in [-0.2, -0.15) is 5.10 Å². The SMILES string of the molecule is COc1cccc2c1OCC(n1ccnc1-c1cnn3c(C)cc(C)nc13)C2. The van der Waals surface area contributed by atoms with E-state index in [1.54, 1.807) is 7.11 Å². The minimum atomic E-state index is 0.137. The molecule has 28 heavy (non-hydrogen) atoms. The summed E-state index contributed by atoms with van der Waals surface area (Å²) in [6.07, 6.45) is 6.51. The number of aromatic nitrogens is 5. The monoisotopic (exact) mass is 375 g/mol. The molecule has 1 atom stereocenters. The molecule has 3 aromatic heterocycles. The van der Waals surface area contributed by atoms with Gasteiger partial charge in [0.2, 0.25) is 0 Å². The number of para-hydroxylation sites is 1. The maximum Gasteiger partial charge on any atom is 0.166 e. The Kier molecular flexibility index (Phi) is 3.82. The van der Waals surface area contributed by atoms with Gasteiger partial charge in [0, 0.05) is 35.8 Å². The molecule has 0 spiro atoms. The zero-order valence-corrected chi connectivity index (χ0v) is 16.1. The Hall–Kier alpha value is -3.35. The molecule has 0 N–H and O–H groups in total. The lowest BCUT2D eigenvalue weighted by Crippen LogP contribution is -2.25. The highest BCUT2D eigenvalue weighted by atomic mass is 16.5. The van der Waals surface area contributed by atoms with Crippen LogP contribution in [0.15, 0.2) is 42.9 Å². The standard InChI is InChI=1S/C21H21N5O2/c1-13-9-14(2)26-21(24-13)17(11-23-26)20-22-7-8-25(20)16-10-15-5-4-6-18(27-3)19(15)28-12-16/h4-9,11,16H,10,12H2,1-3H3. The lowest BCUT2D eigenvalue weighted by molar-refractivity contribution is 0.215. The van der Waals surface area contributed by atoms with Crippen molar-refractivity contribution < 1.29 is 9.47 Å². The molecular weight excluding hydrogens is 354 g/mol. The predicted octanol–water partition coefficient (Wildman–Crippen LogP) is 3.39. The van der Waals surface area contributed by atoms with Gasteiger partial charge in [0.25, 0.3) is 0 Å². The van der Waals surface area contributed by atoms with Crippen LogP contribution in [0.2, 0.25) is 0 Å². The van der Waals surface area contributed by atoms with Gasteiger partial charge >= 0.3 is 0 Å². The van der Waals surface area contributed by atoms with E-state index in [1.165, 1.54) is 0 Å². The first-order chi connectivity index (χ1) is 13.7. The van der Waals surface area contributed by atoms with Crippen LogP contribution in [0, 0.1) is 13.8 Å². The quantitative estimate of drug-likeness (QED) is 0.549. The maximum atomic E-state index is 6.07. The Labute approximate surface area is 162 Å². The first-order valence-corrected chi connectivity index (χ1v) is 9.29. The van der Waals surface area contributed by atoms with Crippen molar-refractivity contribution in [1.29, 1.82) is 0 Å². The molecule has 0 fully saturated rings. The van der Waals surface area contributed by atoms with Crippen molar-refractivity contribution in [2.45, 2.75) is 26.3 Å². The minimum Gasteiger partial charge on any atom is -0.493 e. The zero-order chi connectivity index (χ0) is 19.3. The molecule has 5 rings (SSSR count). The molecule has 0 saturated carbocycles. The number of benzene rings is 1. The second kappa shape index (κ2) is 6.37. The van der Waals surface area contributed by atoms with Crippen molar-refractivity contribution in [3.8, 4) is 22.9 Å². The molecule has 7 heteroatoms. The third kappa shape index (κ3) is 2.54. The van der Waals surface area contributed by atoms with Gasteiger partial charge < -0.3 is 14.0 Å². The van der Waals surface area contributed by atoms with Gasteiger partial charge in [0.15, 0.2) is 17.1 Å². The number of nitrogens with zero attached hydrogens (tertiary/aromatic N) is 5. The average Bonchev–Trinajstić information content (AvgIpc) is 3.33. The number of rotatable bonds is 3. The summed E-state index contributed by atoms with van der Waals surface area (Å²) in [5.74, 6) is 2.47. The molecule has 1 unspecified atom stereocenters. The van der Waals surface area contributed by atoms with E-state index in [0.717, 1.165) is 51.9 Å². The lowest BCUT2D eigenvalue weighted by atomic mass is 10.0. The van der Waals surface area contributed by atoms with Crippen LogP contribution in [-0.2, 0) is 6.42 Å². The van der Waals surface area contributed by atoms with Crippen LogP contribution in [-0.4, -0.2) is 37.9 Å². The Morgan fingerprint density at radius 3 is 3.00 bits per heavy atom. The van der Waals surface area contributed by atoms with E-state index in [0.29, 0.717) is 6.61 Å². The van der Waals surface area contributed by atoms with Crippen molar-refractivity contribution in [2.24, 2.45) is 0 Å². The van der Waals surface area contributed by atoms with Gasteiger partial charge in [-0.05, 0) is 26.0 Å². The number of ether oxygens (including phenoxy) is 2. The van der Waals surface area contributed by atoms with Crippen LogP contribution < -0.4 is 9.47 Å². The zero-order valence-electron chi connectivity index (χ0n) is 16.1. The molecule has 1 aliphatic rings. The number of imidazole rings is 1. The van der Waals surface area contributed by atoms with Crippen LogP contribution in [0.4, 0.5) is 0 Å². The second-order valence-corrected chi connectivity index (χ2v) is 7.11. The van der Waals surface area contributed by atoms with Crippen molar-refractivity contribution in [1.82, 2.24) is 24.1 Å². The molecule has 0 radical (unpaired) electrons. The summed E-state index contributed by atoms with van der Waals surface area (Å²) in [6.45, 7) is 4.58. The van der Waals surface area contributed by atoms with Crippen molar-refractivity contribution in [3.63, 3.8) is 0 Å².